The van der Waals surface area contributed by atoms with E-state index >= 15 is 0 Å². The van der Waals surface area contributed by atoms with E-state index in [0.717, 1.165) is 5.69 Å². The molecular weight excluding hydrogens is 276 g/mol. The Morgan fingerprint density at radius 2 is 2.17 bits per heavy atom. The summed E-state index contributed by atoms with van der Waals surface area (Å²) < 4.78 is 0. The maximum Gasteiger partial charge on any atom is 0.245 e. The van der Waals surface area contributed by atoms with Crippen LogP contribution in [0, 0.1) is 0 Å². The molecule has 18 heavy (non-hydrogen) atoms. The van der Waals surface area contributed by atoms with Gasteiger partial charge in [0.15, 0.2) is 5.13 Å². The number of amides is 2. The number of hydrogen-bond donors (Lipinski definition) is 3. The summed E-state index contributed by atoms with van der Waals surface area (Å²) in [6, 6.07) is 0. The first kappa shape index (κ1) is 14.9. The number of nitrogens with zero attached hydrogens (tertiary/aromatic N) is 1. The maximum absolute atomic E-state index is 11.4. The second kappa shape index (κ2) is 6.67. The van der Waals surface area contributed by atoms with Crippen molar-refractivity contribution in [2.75, 3.05) is 18.4 Å². The lowest BCUT2D eigenvalue weighted by molar-refractivity contribution is -0.123. The van der Waals surface area contributed by atoms with E-state index in [1.54, 1.807) is 0 Å². The van der Waals surface area contributed by atoms with E-state index in [1.807, 2.05) is 5.38 Å². The monoisotopic (exact) mass is 290 g/mol. The first-order valence-electron chi connectivity index (χ1n) is 5.41. The van der Waals surface area contributed by atoms with E-state index in [1.165, 1.54) is 24.2 Å². The Labute approximate surface area is 115 Å². The van der Waals surface area contributed by atoms with Gasteiger partial charge in [-0.05, 0) is 12.8 Å². The number of nitrogens with one attached hydrogen (secondary N) is 2. The standard InChI is InChI=1S/C10H14N4O2S.ClH/c11-3-8(15)12-4-9(16)14-10-13-7(5-17-10)6-1-2-6;/h5-6H,1-4,11H2,(H,12,15)(H,13,14,16);1H. The van der Waals surface area contributed by atoms with Crippen LogP contribution in [0.5, 0.6) is 0 Å². The largest absolute Gasteiger partial charge is 0.346 e. The van der Waals surface area contributed by atoms with Crippen molar-refractivity contribution in [1.29, 1.82) is 0 Å². The molecule has 1 aromatic heterocycles. The Kier molecular flexibility index (Phi) is 5.52. The van der Waals surface area contributed by atoms with Crippen LogP contribution in [0.1, 0.15) is 24.5 Å². The number of anilines is 1. The summed E-state index contributed by atoms with van der Waals surface area (Å²) in [5.74, 6) is -0.0599. The van der Waals surface area contributed by atoms with Crippen LogP contribution in [0.15, 0.2) is 5.38 Å². The van der Waals surface area contributed by atoms with Crippen molar-refractivity contribution in [3.8, 4) is 0 Å². The van der Waals surface area contributed by atoms with E-state index in [4.69, 9.17) is 5.73 Å². The molecule has 1 heterocycles. The van der Waals surface area contributed by atoms with Gasteiger partial charge < -0.3 is 16.4 Å². The summed E-state index contributed by atoms with van der Waals surface area (Å²) in [6.45, 7) is -0.190. The number of rotatable bonds is 5. The molecule has 2 rings (SSSR count). The molecule has 1 aromatic rings. The quantitative estimate of drug-likeness (QED) is 0.734. The predicted molar refractivity (Wildman–Crippen MR) is 72.0 cm³/mol. The molecular formula is C10H15ClN4O2S. The van der Waals surface area contributed by atoms with E-state index < -0.39 is 0 Å². The average molecular weight is 291 g/mol. The number of thiazole rings is 1. The Bertz CT molecular complexity index is 433. The zero-order valence-corrected chi connectivity index (χ0v) is 11.3. The summed E-state index contributed by atoms with van der Waals surface area (Å²) in [7, 11) is 0. The lowest BCUT2D eigenvalue weighted by atomic mass is 10.3. The lowest BCUT2D eigenvalue weighted by Crippen LogP contribution is -2.36. The molecule has 0 aromatic carbocycles. The minimum Gasteiger partial charge on any atom is -0.346 e. The van der Waals surface area contributed by atoms with Gasteiger partial charge in [-0.1, -0.05) is 0 Å². The molecule has 0 unspecified atom stereocenters. The highest BCUT2D eigenvalue weighted by atomic mass is 35.5. The smallest absolute Gasteiger partial charge is 0.245 e. The maximum atomic E-state index is 11.4. The normalized spacial score (nSPS) is 13.6. The van der Waals surface area contributed by atoms with Crippen molar-refractivity contribution >= 4 is 40.7 Å². The van der Waals surface area contributed by atoms with Gasteiger partial charge in [-0.2, -0.15) is 0 Å². The minimum atomic E-state index is -0.349. The van der Waals surface area contributed by atoms with E-state index in [0.29, 0.717) is 11.0 Å². The third-order valence-electron chi connectivity index (χ3n) is 2.40. The predicted octanol–water partition coefficient (Wildman–Crippen LogP) is 0.456. The van der Waals surface area contributed by atoms with E-state index in [-0.39, 0.29) is 37.3 Å². The Morgan fingerprint density at radius 1 is 1.44 bits per heavy atom. The molecule has 8 heteroatoms. The van der Waals surface area contributed by atoms with Crippen molar-refractivity contribution in [1.82, 2.24) is 10.3 Å². The van der Waals surface area contributed by atoms with Crippen LogP contribution in [0.25, 0.3) is 0 Å². The minimum absolute atomic E-state index is 0. The highest BCUT2D eigenvalue weighted by Gasteiger charge is 2.26. The molecule has 6 nitrogen and oxygen atoms in total. The molecule has 0 aliphatic heterocycles. The van der Waals surface area contributed by atoms with Crippen molar-refractivity contribution in [3.05, 3.63) is 11.1 Å². The molecule has 0 bridgehead atoms. The number of carbonyl (C=O) groups is 2. The molecule has 1 fully saturated rings. The van der Waals surface area contributed by atoms with E-state index in [9.17, 15) is 9.59 Å². The van der Waals surface area contributed by atoms with Crippen molar-refractivity contribution in [3.63, 3.8) is 0 Å². The first-order valence-corrected chi connectivity index (χ1v) is 6.29. The van der Waals surface area contributed by atoms with Crippen LogP contribution in [0.3, 0.4) is 0 Å². The van der Waals surface area contributed by atoms with Gasteiger partial charge >= 0.3 is 0 Å². The zero-order valence-electron chi connectivity index (χ0n) is 9.64. The molecule has 0 saturated heterocycles. The summed E-state index contributed by atoms with van der Waals surface area (Å²) in [5, 5.41) is 7.58. The molecule has 2 amide bonds. The lowest BCUT2D eigenvalue weighted by Gasteiger charge is -2.02. The van der Waals surface area contributed by atoms with Crippen LogP contribution in [0.4, 0.5) is 5.13 Å². The van der Waals surface area contributed by atoms with Crippen LogP contribution in [-0.2, 0) is 9.59 Å². The summed E-state index contributed by atoms with van der Waals surface area (Å²) in [4.78, 5) is 26.6. The summed E-state index contributed by atoms with van der Waals surface area (Å²) in [6.07, 6.45) is 2.37. The SMILES string of the molecule is Cl.NCC(=O)NCC(=O)Nc1nc(C2CC2)cs1. The number of aromatic nitrogens is 1. The third-order valence-corrected chi connectivity index (χ3v) is 3.17. The molecule has 1 saturated carbocycles. The topological polar surface area (TPSA) is 97.1 Å². The van der Waals surface area contributed by atoms with Crippen LogP contribution in [-0.4, -0.2) is 29.9 Å². The van der Waals surface area contributed by atoms with Crippen molar-refractivity contribution in [2.45, 2.75) is 18.8 Å². The second-order valence-corrected chi connectivity index (χ2v) is 4.74. The highest BCUT2D eigenvalue weighted by molar-refractivity contribution is 7.13. The first-order chi connectivity index (χ1) is 8.19. The number of nitrogens with two attached hydrogens (primary N) is 1. The Morgan fingerprint density at radius 3 is 2.78 bits per heavy atom. The average Bonchev–Trinajstić information content (AvgIpc) is 3.08. The second-order valence-electron chi connectivity index (χ2n) is 3.88. The zero-order chi connectivity index (χ0) is 12.3. The fourth-order valence-electron chi connectivity index (χ4n) is 1.32. The Balaban J connectivity index is 0.00000162. The van der Waals surface area contributed by atoms with Crippen molar-refractivity contribution < 1.29 is 9.59 Å². The van der Waals surface area contributed by atoms with Gasteiger partial charge in [0.05, 0.1) is 18.8 Å². The Hall–Kier alpha value is -1.18. The molecule has 4 N–H and O–H groups in total. The molecule has 0 spiro atoms. The molecule has 0 radical (unpaired) electrons. The highest BCUT2D eigenvalue weighted by Crippen LogP contribution is 2.40. The fourth-order valence-corrected chi connectivity index (χ4v) is 2.13. The van der Waals surface area contributed by atoms with Gasteiger partial charge in [-0.3, -0.25) is 9.59 Å². The van der Waals surface area contributed by atoms with E-state index in [2.05, 4.69) is 15.6 Å². The van der Waals surface area contributed by atoms with Crippen LogP contribution in [0.2, 0.25) is 0 Å². The molecule has 1 aliphatic carbocycles. The van der Waals surface area contributed by atoms with Crippen LogP contribution >= 0.6 is 23.7 Å². The van der Waals surface area contributed by atoms with Crippen molar-refractivity contribution in [2.24, 2.45) is 5.73 Å². The number of carbonyl (C=O) groups excluding carboxylic acids is 2. The number of halogens is 1. The van der Waals surface area contributed by atoms with Gasteiger partial charge in [-0.15, -0.1) is 23.7 Å². The van der Waals surface area contributed by atoms with Gasteiger partial charge in [0.1, 0.15) is 0 Å². The summed E-state index contributed by atoms with van der Waals surface area (Å²) >= 11 is 1.41. The summed E-state index contributed by atoms with van der Waals surface area (Å²) in [5.41, 5.74) is 6.15. The molecule has 100 valence electrons. The van der Waals surface area contributed by atoms with Crippen LogP contribution < -0.4 is 16.4 Å². The van der Waals surface area contributed by atoms with Gasteiger partial charge in [0.25, 0.3) is 0 Å². The molecule has 0 atom stereocenters. The van der Waals surface area contributed by atoms with Gasteiger partial charge in [0, 0.05) is 11.3 Å². The number of hydrogen-bond acceptors (Lipinski definition) is 5. The van der Waals surface area contributed by atoms with Gasteiger partial charge in [-0.25, -0.2) is 4.98 Å². The third kappa shape index (κ3) is 4.25. The molecule has 1 aliphatic rings. The van der Waals surface area contributed by atoms with Gasteiger partial charge in [0.2, 0.25) is 11.8 Å². The fraction of sp³-hybridized carbons (Fsp3) is 0.500.